The largest absolute Gasteiger partial charge is 0.313 e. The molecule has 2 heteroatoms. The van der Waals surface area contributed by atoms with Gasteiger partial charge >= 0.3 is 0 Å². The molecule has 96 valence electrons. The number of hydrogen-bond donors (Lipinski definition) is 1. The van der Waals surface area contributed by atoms with E-state index in [0.717, 1.165) is 11.2 Å². The van der Waals surface area contributed by atoms with Gasteiger partial charge < -0.3 is 5.32 Å². The lowest BCUT2D eigenvalue weighted by atomic mass is 9.81. The molecule has 1 unspecified atom stereocenters. The zero-order valence-corrected chi connectivity index (χ0v) is 11.9. The predicted molar refractivity (Wildman–Crippen MR) is 77.7 cm³/mol. The van der Waals surface area contributed by atoms with E-state index in [1.807, 2.05) is 13.1 Å². The van der Waals surface area contributed by atoms with Gasteiger partial charge in [-0.25, -0.2) is 0 Å². The van der Waals surface area contributed by atoms with Crippen molar-refractivity contribution in [3.05, 3.63) is 41.6 Å². The molecular formula is C16H22N2. The van der Waals surface area contributed by atoms with Crippen molar-refractivity contribution >= 4 is 10.9 Å². The van der Waals surface area contributed by atoms with Gasteiger partial charge in [-0.05, 0) is 37.1 Å². The lowest BCUT2D eigenvalue weighted by Crippen LogP contribution is -2.30. The first-order valence-electron chi connectivity index (χ1n) is 6.47. The number of benzene rings is 1. The van der Waals surface area contributed by atoms with Gasteiger partial charge in [-0.3, -0.25) is 4.98 Å². The number of aryl methyl sites for hydroxylation is 1. The Morgan fingerprint density at radius 1 is 1.17 bits per heavy atom. The van der Waals surface area contributed by atoms with Crippen molar-refractivity contribution in [2.24, 2.45) is 5.41 Å². The van der Waals surface area contributed by atoms with Crippen molar-refractivity contribution in [3.63, 3.8) is 0 Å². The van der Waals surface area contributed by atoms with Gasteiger partial charge in [0.25, 0.3) is 0 Å². The Hall–Kier alpha value is -1.41. The number of aromatic nitrogens is 1. The summed E-state index contributed by atoms with van der Waals surface area (Å²) in [6, 6.07) is 10.9. The minimum absolute atomic E-state index is 0.172. The van der Waals surface area contributed by atoms with Gasteiger partial charge in [0, 0.05) is 17.1 Å². The maximum atomic E-state index is 4.61. The summed E-state index contributed by atoms with van der Waals surface area (Å²) < 4.78 is 0. The molecule has 1 aromatic carbocycles. The van der Waals surface area contributed by atoms with Crippen molar-refractivity contribution in [2.45, 2.75) is 33.7 Å². The minimum atomic E-state index is 0.172. The van der Waals surface area contributed by atoms with Crippen LogP contribution in [0.5, 0.6) is 0 Å². The Bertz CT molecular complexity index is 553. The zero-order chi connectivity index (χ0) is 13.3. The average molecular weight is 242 g/mol. The molecule has 1 N–H and O–H groups in total. The number of hydrogen-bond acceptors (Lipinski definition) is 2. The SMILES string of the molecule is CNC(c1cc(C)nc2ccccc12)C(C)(C)C. The molecule has 0 aliphatic rings. The van der Waals surface area contributed by atoms with Crippen LogP contribution in [-0.4, -0.2) is 12.0 Å². The van der Waals surface area contributed by atoms with Crippen LogP contribution in [0.3, 0.4) is 0 Å². The molecule has 0 bridgehead atoms. The first-order valence-corrected chi connectivity index (χ1v) is 6.47. The lowest BCUT2D eigenvalue weighted by molar-refractivity contribution is 0.288. The van der Waals surface area contributed by atoms with Crippen molar-refractivity contribution in [2.75, 3.05) is 7.05 Å². The Morgan fingerprint density at radius 2 is 1.83 bits per heavy atom. The second-order valence-electron chi connectivity index (χ2n) is 5.96. The van der Waals surface area contributed by atoms with E-state index < -0.39 is 0 Å². The fraction of sp³-hybridized carbons (Fsp3) is 0.438. The zero-order valence-electron chi connectivity index (χ0n) is 11.9. The summed E-state index contributed by atoms with van der Waals surface area (Å²) in [6.45, 7) is 8.85. The summed E-state index contributed by atoms with van der Waals surface area (Å²) in [6.07, 6.45) is 0. The first kappa shape index (κ1) is 13.0. The predicted octanol–water partition coefficient (Wildman–Crippen LogP) is 3.85. The standard InChI is InChI=1S/C16H22N2/c1-11-10-13(15(17-5)16(2,3)4)12-8-6-7-9-14(12)18-11/h6-10,15,17H,1-5H3. The van der Waals surface area contributed by atoms with Crippen molar-refractivity contribution < 1.29 is 0 Å². The molecule has 0 aliphatic heterocycles. The Morgan fingerprint density at radius 3 is 2.44 bits per heavy atom. The van der Waals surface area contributed by atoms with Crippen molar-refractivity contribution in [3.8, 4) is 0 Å². The quantitative estimate of drug-likeness (QED) is 0.865. The van der Waals surface area contributed by atoms with Crippen LogP contribution in [0.1, 0.15) is 38.1 Å². The van der Waals surface area contributed by atoms with E-state index in [0.29, 0.717) is 6.04 Å². The van der Waals surface area contributed by atoms with E-state index in [2.05, 4.69) is 62.3 Å². The fourth-order valence-electron chi connectivity index (χ4n) is 2.63. The Labute approximate surface area is 109 Å². The maximum absolute atomic E-state index is 4.61. The molecule has 2 aromatic rings. The summed E-state index contributed by atoms with van der Waals surface area (Å²) in [4.78, 5) is 4.61. The Kier molecular flexibility index (Phi) is 3.40. The van der Waals surface area contributed by atoms with Gasteiger partial charge in [0.2, 0.25) is 0 Å². The van der Waals surface area contributed by atoms with Gasteiger partial charge in [0.1, 0.15) is 0 Å². The third-order valence-corrected chi connectivity index (χ3v) is 3.34. The van der Waals surface area contributed by atoms with Crippen molar-refractivity contribution in [1.82, 2.24) is 10.3 Å². The molecule has 0 amide bonds. The number of nitrogens with one attached hydrogen (secondary N) is 1. The van der Waals surface area contributed by atoms with Crippen LogP contribution in [0.2, 0.25) is 0 Å². The summed E-state index contributed by atoms with van der Waals surface area (Å²) >= 11 is 0. The molecule has 0 saturated carbocycles. The van der Waals surface area contributed by atoms with Gasteiger partial charge in [-0.1, -0.05) is 39.0 Å². The van der Waals surface area contributed by atoms with E-state index in [4.69, 9.17) is 0 Å². The molecule has 1 heterocycles. The van der Waals surface area contributed by atoms with Crippen LogP contribution < -0.4 is 5.32 Å². The highest BCUT2D eigenvalue weighted by Gasteiger charge is 2.26. The molecule has 0 aliphatic carbocycles. The van der Waals surface area contributed by atoms with Gasteiger partial charge in [-0.2, -0.15) is 0 Å². The van der Waals surface area contributed by atoms with E-state index in [1.54, 1.807) is 0 Å². The summed E-state index contributed by atoms with van der Waals surface area (Å²) in [7, 11) is 2.03. The molecule has 0 radical (unpaired) electrons. The van der Waals surface area contributed by atoms with E-state index in [-0.39, 0.29) is 5.41 Å². The highest BCUT2D eigenvalue weighted by Crippen LogP contribution is 2.35. The molecule has 1 aromatic heterocycles. The van der Waals surface area contributed by atoms with Crippen LogP contribution in [0.15, 0.2) is 30.3 Å². The monoisotopic (exact) mass is 242 g/mol. The van der Waals surface area contributed by atoms with Crippen molar-refractivity contribution in [1.29, 1.82) is 0 Å². The number of fused-ring (bicyclic) bond motifs is 1. The molecule has 0 spiro atoms. The molecule has 18 heavy (non-hydrogen) atoms. The van der Waals surface area contributed by atoms with Crippen LogP contribution in [0, 0.1) is 12.3 Å². The van der Waals surface area contributed by atoms with Crippen LogP contribution in [-0.2, 0) is 0 Å². The first-order chi connectivity index (χ1) is 8.43. The van der Waals surface area contributed by atoms with Gasteiger partial charge in [0.05, 0.1) is 5.52 Å². The highest BCUT2D eigenvalue weighted by atomic mass is 14.9. The second kappa shape index (κ2) is 4.69. The van der Waals surface area contributed by atoms with E-state index in [9.17, 15) is 0 Å². The average Bonchev–Trinajstić information content (AvgIpc) is 2.27. The van der Waals surface area contributed by atoms with Crippen LogP contribution in [0.4, 0.5) is 0 Å². The molecule has 0 fully saturated rings. The number of para-hydroxylation sites is 1. The van der Waals surface area contributed by atoms with E-state index >= 15 is 0 Å². The smallest absolute Gasteiger partial charge is 0.0708 e. The van der Waals surface area contributed by atoms with E-state index in [1.165, 1.54) is 10.9 Å². The lowest BCUT2D eigenvalue weighted by Gasteiger charge is -2.31. The molecular weight excluding hydrogens is 220 g/mol. The number of pyridine rings is 1. The second-order valence-corrected chi connectivity index (χ2v) is 5.96. The third kappa shape index (κ3) is 2.39. The molecule has 1 atom stereocenters. The maximum Gasteiger partial charge on any atom is 0.0708 e. The number of nitrogens with zero attached hydrogens (tertiary/aromatic N) is 1. The fourth-order valence-corrected chi connectivity index (χ4v) is 2.63. The van der Waals surface area contributed by atoms with Crippen LogP contribution >= 0.6 is 0 Å². The molecule has 0 saturated heterocycles. The summed E-state index contributed by atoms with van der Waals surface area (Å²) in [5.74, 6) is 0. The third-order valence-electron chi connectivity index (χ3n) is 3.34. The Balaban J connectivity index is 2.69. The number of rotatable bonds is 2. The highest BCUT2D eigenvalue weighted by molar-refractivity contribution is 5.83. The molecule has 2 nitrogen and oxygen atoms in total. The normalized spacial score (nSPS) is 13.8. The molecule has 2 rings (SSSR count). The van der Waals surface area contributed by atoms with Gasteiger partial charge in [-0.15, -0.1) is 0 Å². The summed E-state index contributed by atoms with van der Waals surface area (Å²) in [5, 5.41) is 4.70. The summed E-state index contributed by atoms with van der Waals surface area (Å²) in [5.41, 5.74) is 3.67. The van der Waals surface area contributed by atoms with Gasteiger partial charge in [0.15, 0.2) is 0 Å². The minimum Gasteiger partial charge on any atom is -0.313 e. The van der Waals surface area contributed by atoms with Crippen LogP contribution in [0.25, 0.3) is 10.9 Å². The topological polar surface area (TPSA) is 24.9 Å².